The molecule has 3 aromatic heterocycles. The molecule has 0 aliphatic rings. The molecule has 0 atom stereocenters. The largest absolute Gasteiger partial charge is 0.508 e. The van der Waals surface area contributed by atoms with Crippen molar-refractivity contribution in [2.75, 3.05) is 0 Å². The number of aromatic nitrogens is 5. The Morgan fingerprint density at radius 1 is 1.15 bits per heavy atom. The van der Waals surface area contributed by atoms with E-state index in [4.69, 9.17) is 0 Å². The molecule has 0 aliphatic carbocycles. The van der Waals surface area contributed by atoms with Gasteiger partial charge in [-0.05, 0) is 44.5 Å². The average Bonchev–Trinajstić information content (AvgIpc) is 3.06. The molecule has 0 fully saturated rings. The predicted molar refractivity (Wildman–Crippen MR) is 98.6 cm³/mol. The summed E-state index contributed by atoms with van der Waals surface area (Å²) in [5.74, 6) is 0.144. The van der Waals surface area contributed by atoms with Crippen LogP contribution in [0.1, 0.15) is 16.8 Å². The fraction of sp³-hybridized carbons (Fsp3) is 0.158. The quantitative estimate of drug-likeness (QED) is 0.581. The third-order valence-electron chi connectivity index (χ3n) is 4.48. The molecule has 26 heavy (non-hydrogen) atoms. The molecular formula is C19H17N5O2. The number of aryl methyl sites for hydroxylation is 2. The number of aromatic hydroxyl groups is 1. The lowest BCUT2D eigenvalue weighted by atomic mass is 10.1. The van der Waals surface area contributed by atoms with Crippen LogP contribution >= 0.6 is 0 Å². The van der Waals surface area contributed by atoms with E-state index in [0.29, 0.717) is 22.3 Å². The summed E-state index contributed by atoms with van der Waals surface area (Å²) in [7, 11) is 0. The van der Waals surface area contributed by atoms with Gasteiger partial charge in [0.05, 0.1) is 23.0 Å². The van der Waals surface area contributed by atoms with E-state index < -0.39 is 0 Å². The third-order valence-corrected chi connectivity index (χ3v) is 4.48. The minimum absolute atomic E-state index is 0.144. The zero-order valence-corrected chi connectivity index (χ0v) is 14.6. The molecule has 4 aromatic rings. The van der Waals surface area contributed by atoms with Gasteiger partial charge in [0, 0.05) is 16.8 Å². The summed E-state index contributed by atoms with van der Waals surface area (Å²) in [6.07, 6.45) is 3.12. The first kappa shape index (κ1) is 16.0. The number of rotatable bonds is 2. The van der Waals surface area contributed by atoms with Gasteiger partial charge in [0.1, 0.15) is 17.7 Å². The second kappa shape index (κ2) is 5.80. The van der Waals surface area contributed by atoms with Gasteiger partial charge in [0.2, 0.25) is 0 Å². The maximum atomic E-state index is 13.0. The molecule has 0 saturated carbocycles. The highest BCUT2D eigenvalue weighted by atomic mass is 16.3. The number of hydrogen-bond acceptors (Lipinski definition) is 5. The van der Waals surface area contributed by atoms with Crippen molar-refractivity contribution in [3.8, 4) is 22.7 Å². The van der Waals surface area contributed by atoms with Crippen molar-refractivity contribution in [3.63, 3.8) is 0 Å². The van der Waals surface area contributed by atoms with E-state index >= 15 is 0 Å². The van der Waals surface area contributed by atoms with Crippen molar-refractivity contribution in [3.05, 3.63) is 64.0 Å². The van der Waals surface area contributed by atoms with Crippen molar-refractivity contribution in [2.45, 2.75) is 20.8 Å². The Morgan fingerprint density at radius 2 is 1.96 bits per heavy atom. The topological polar surface area (TPSA) is 96.7 Å². The summed E-state index contributed by atoms with van der Waals surface area (Å²) in [4.78, 5) is 20.6. The van der Waals surface area contributed by atoms with Gasteiger partial charge in [0.25, 0.3) is 5.56 Å². The minimum atomic E-state index is -0.201. The molecule has 0 radical (unpaired) electrons. The fourth-order valence-corrected chi connectivity index (χ4v) is 3.14. The summed E-state index contributed by atoms with van der Waals surface area (Å²) < 4.78 is 1.47. The second-order valence-corrected chi connectivity index (χ2v) is 6.33. The number of aromatic amines is 1. The molecule has 0 saturated heterocycles. The molecule has 7 nitrogen and oxygen atoms in total. The predicted octanol–water partition coefficient (Wildman–Crippen LogP) is 2.80. The number of benzene rings is 1. The highest BCUT2D eigenvalue weighted by molar-refractivity contribution is 5.82. The molecule has 3 heterocycles. The van der Waals surface area contributed by atoms with Crippen molar-refractivity contribution >= 4 is 11.0 Å². The maximum Gasteiger partial charge on any atom is 0.267 e. The summed E-state index contributed by atoms with van der Waals surface area (Å²) in [6, 6.07) is 7.06. The lowest BCUT2D eigenvalue weighted by molar-refractivity contribution is 0.470. The highest BCUT2D eigenvalue weighted by Crippen LogP contribution is 2.26. The second-order valence-electron chi connectivity index (χ2n) is 6.33. The molecule has 0 spiro atoms. The van der Waals surface area contributed by atoms with E-state index in [2.05, 4.69) is 20.2 Å². The summed E-state index contributed by atoms with van der Waals surface area (Å²) in [5, 5.41) is 18.4. The van der Waals surface area contributed by atoms with Gasteiger partial charge < -0.3 is 10.1 Å². The number of phenols is 1. The lowest BCUT2D eigenvalue weighted by Crippen LogP contribution is -2.20. The molecule has 1 aromatic carbocycles. The van der Waals surface area contributed by atoms with Crippen LogP contribution in [0.15, 0.2) is 41.6 Å². The normalized spacial score (nSPS) is 11.2. The van der Waals surface area contributed by atoms with E-state index in [-0.39, 0.29) is 11.3 Å². The van der Waals surface area contributed by atoms with E-state index in [1.165, 1.54) is 10.9 Å². The molecule has 130 valence electrons. The zero-order valence-electron chi connectivity index (χ0n) is 14.6. The molecule has 0 bridgehead atoms. The molecule has 2 N–H and O–H groups in total. The van der Waals surface area contributed by atoms with Gasteiger partial charge in [-0.25, -0.2) is 4.98 Å². The van der Waals surface area contributed by atoms with Crippen LogP contribution < -0.4 is 5.56 Å². The maximum absolute atomic E-state index is 13.0. The summed E-state index contributed by atoms with van der Waals surface area (Å²) in [5.41, 5.74) is 4.85. The highest BCUT2D eigenvalue weighted by Gasteiger charge is 2.15. The number of H-pyrrole nitrogens is 1. The number of fused-ring (bicyclic) bond motifs is 1. The molecule has 0 unspecified atom stereocenters. The monoisotopic (exact) mass is 347 g/mol. The van der Waals surface area contributed by atoms with Gasteiger partial charge >= 0.3 is 0 Å². The van der Waals surface area contributed by atoms with Gasteiger partial charge in [-0.15, -0.1) is 0 Å². The van der Waals surface area contributed by atoms with Gasteiger partial charge in [0.15, 0.2) is 0 Å². The summed E-state index contributed by atoms with van der Waals surface area (Å²) in [6.45, 7) is 5.53. The van der Waals surface area contributed by atoms with Crippen LogP contribution in [0.3, 0.4) is 0 Å². The van der Waals surface area contributed by atoms with Crippen molar-refractivity contribution < 1.29 is 5.11 Å². The van der Waals surface area contributed by atoms with E-state index in [9.17, 15) is 9.90 Å². The first-order valence-electron chi connectivity index (χ1n) is 8.15. The van der Waals surface area contributed by atoms with Gasteiger partial charge in [-0.2, -0.15) is 10.2 Å². The van der Waals surface area contributed by atoms with E-state index in [0.717, 1.165) is 22.5 Å². The average molecular weight is 347 g/mol. The number of phenolic OH excluding ortho intramolecular Hbond substituents is 1. The number of hydrogen-bond donors (Lipinski definition) is 2. The molecular weight excluding hydrogens is 330 g/mol. The smallest absolute Gasteiger partial charge is 0.267 e. The Hall–Kier alpha value is -3.48. The Morgan fingerprint density at radius 3 is 2.73 bits per heavy atom. The first-order valence-corrected chi connectivity index (χ1v) is 8.15. The van der Waals surface area contributed by atoms with Crippen molar-refractivity contribution in [1.82, 2.24) is 24.7 Å². The molecule has 0 amide bonds. The van der Waals surface area contributed by atoms with E-state index in [1.807, 2.05) is 19.9 Å². The minimum Gasteiger partial charge on any atom is -0.508 e. The van der Waals surface area contributed by atoms with Crippen LogP contribution in [-0.4, -0.2) is 29.8 Å². The van der Waals surface area contributed by atoms with Crippen LogP contribution in [0.25, 0.3) is 28.0 Å². The van der Waals surface area contributed by atoms with Crippen LogP contribution in [0, 0.1) is 20.8 Å². The van der Waals surface area contributed by atoms with E-state index in [1.54, 1.807) is 31.3 Å². The van der Waals surface area contributed by atoms with Gasteiger partial charge in [-0.3, -0.25) is 9.36 Å². The lowest BCUT2D eigenvalue weighted by Gasteiger charge is -2.13. The van der Waals surface area contributed by atoms with Crippen molar-refractivity contribution in [2.24, 2.45) is 0 Å². The van der Waals surface area contributed by atoms with Crippen LogP contribution in [0.2, 0.25) is 0 Å². The SMILES string of the molecule is Cc1cc(-c2cc3c(=O)n(-c4c(C)ccc(O)c4C)cnc3[nH]2)cnn1. The third kappa shape index (κ3) is 2.45. The standard InChI is InChI=1S/C19H17N5O2/c1-10-4-5-16(25)12(3)17(10)24-9-20-18-14(19(24)26)7-15(22-18)13-6-11(2)23-21-8-13/h4-9,22,25H,1-3H3. The number of nitrogens with one attached hydrogen (secondary N) is 1. The Bertz CT molecular complexity index is 1210. The molecule has 0 aliphatic heterocycles. The van der Waals surface area contributed by atoms with Gasteiger partial charge in [-0.1, -0.05) is 6.07 Å². The Labute approximate surface area is 149 Å². The van der Waals surface area contributed by atoms with Crippen LogP contribution in [0.5, 0.6) is 5.75 Å². The summed E-state index contributed by atoms with van der Waals surface area (Å²) >= 11 is 0. The first-order chi connectivity index (χ1) is 12.5. The van der Waals surface area contributed by atoms with Crippen molar-refractivity contribution in [1.29, 1.82) is 0 Å². The Balaban J connectivity index is 1.94. The Kier molecular flexibility index (Phi) is 3.57. The van der Waals surface area contributed by atoms with Crippen LogP contribution in [-0.2, 0) is 0 Å². The molecule has 7 heteroatoms. The number of nitrogens with zero attached hydrogens (tertiary/aromatic N) is 4. The zero-order chi connectivity index (χ0) is 18.4. The fourth-order valence-electron chi connectivity index (χ4n) is 3.14. The molecule has 4 rings (SSSR count). The van der Waals surface area contributed by atoms with Crippen LogP contribution in [0.4, 0.5) is 0 Å².